The molecule has 4 rings (SSSR count). The lowest BCUT2D eigenvalue weighted by atomic mass is 9.97. The van der Waals surface area contributed by atoms with E-state index in [2.05, 4.69) is 20.0 Å². The van der Waals surface area contributed by atoms with E-state index in [0.717, 1.165) is 61.7 Å². The van der Waals surface area contributed by atoms with Crippen LogP contribution in [0.1, 0.15) is 36.9 Å². The summed E-state index contributed by atoms with van der Waals surface area (Å²) >= 11 is 0. The molecule has 1 aliphatic carbocycles. The predicted octanol–water partition coefficient (Wildman–Crippen LogP) is 1.65. The first-order chi connectivity index (χ1) is 12.6. The Morgan fingerprint density at radius 3 is 2.92 bits per heavy atom. The lowest BCUT2D eigenvalue weighted by molar-refractivity contribution is 0.470. The summed E-state index contributed by atoms with van der Waals surface area (Å²) in [5, 5.41) is 4.68. The summed E-state index contributed by atoms with van der Waals surface area (Å²) in [5.41, 5.74) is 2.26. The number of fused-ring (bicyclic) bond motifs is 1. The van der Waals surface area contributed by atoms with Crippen molar-refractivity contribution in [2.45, 2.75) is 51.1 Å². The second-order valence-electron chi connectivity index (χ2n) is 7.44. The topological polar surface area (TPSA) is 67.2 Å². The molecule has 0 spiro atoms. The Balaban J connectivity index is 1.58. The highest BCUT2D eigenvalue weighted by atomic mass is 16.1. The number of hydrogen-bond acceptors (Lipinski definition) is 6. The highest BCUT2D eigenvalue weighted by molar-refractivity contribution is 5.43. The molecule has 7 heteroatoms. The van der Waals surface area contributed by atoms with Gasteiger partial charge in [-0.2, -0.15) is 10.1 Å². The summed E-state index contributed by atoms with van der Waals surface area (Å²) in [6.45, 7) is 1.52. The van der Waals surface area contributed by atoms with Gasteiger partial charge in [0.15, 0.2) is 0 Å². The van der Waals surface area contributed by atoms with E-state index < -0.39 is 0 Å². The Morgan fingerprint density at radius 1 is 1.23 bits per heavy atom. The first kappa shape index (κ1) is 17.0. The van der Waals surface area contributed by atoms with Gasteiger partial charge in [-0.3, -0.25) is 4.79 Å². The SMILES string of the molecule is CN(C)c1ccnc(N2CCCC2Cn2nc3c(cc2=O)CCCC3)n1. The average molecular weight is 354 g/mol. The lowest BCUT2D eigenvalue weighted by Crippen LogP contribution is -2.38. The monoisotopic (exact) mass is 354 g/mol. The Kier molecular flexibility index (Phi) is 4.61. The summed E-state index contributed by atoms with van der Waals surface area (Å²) in [6.07, 6.45) is 8.21. The van der Waals surface area contributed by atoms with Gasteiger partial charge < -0.3 is 9.80 Å². The minimum Gasteiger partial charge on any atom is -0.363 e. The molecule has 1 aliphatic heterocycles. The summed E-state index contributed by atoms with van der Waals surface area (Å²) in [6, 6.07) is 3.91. The first-order valence-electron chi connectivity index (χ1n) is 9.49. The van der Waals surface area contributed by atoms with Crippen LogP contribution in [0.2, 0.25) is 0 Å². The van der Waals surface area contributed by atoms with Crippen molar-refractivity contribution in [2.75, 3.05) is 30.4 Å². The van der Waals surface area contributed by atoms with Crippen LogP contribution in [0.3, 0.4) is 0 Å². The standard InChI is InChI=1S/C19H26N6O/c1-23(2)17-9-10-20-19(21-17)24-11-5-7-15(24)13-25-18(26)12-14-6-3-4-8-16(14)22-25/h9-10,12,15H,3-8,11,13H2,1-2H3. The molecule has 2 aromatic rings. The van der Waals surface area contributed by atoms with E-state index in [1.807, 2.05) is 25.1 Å². The van der Waals surface area contributed by atoms with Crippen LogP contribution in [-0.4, -0.2) is 46.4 Å². The molecule has 0 saturated carbocycles. The van der Waals surface area contributed by atoms with E-state index in [1.54, 1.807) is 16.9 Å². The molecule has 1 fully saturated rings. The Morgan fingerprint density at radius 2 is 2.08 bits per heavy atom. The summed E-state index contributed by atoms with van der Waals surface area (Å²) < 4.78 is 1.66. The van der Waals surface area contributed by atoms with Gasteiger partial charge in [0.25, 0.3) is 5.56 Å². The zero-order chi connectivity index (χ0) is 18.1. The van der Waals surface area contributed by atoms with E-state index in [0.29, 0.717) is 6.54 Å². The van der Waals surface area contributed by atoms with Crippen molar-refractivity contribution in [3.63, 3.8) is 0 Å². The molecule has 0 radical (unpaired) electrons. The molecular weight excluding hydrogens is 328 g/mol. The van der Waals surface area contributed by atoms with Crippen molar-refractivity contribution in [1.29, 1.82) is 0 Å². The third kappa shape index (κ3) is 3.30. The largest absolute Gasteiger partial charge is 0.363 e. The van der Waals surface area contributed by atoms with E-state index in [9.17, 15) is 4.79 Å². The van der Waals surface area contributed by atoms with Crippen molar-refractivity contribution < 1.29 is 0 Å². The van der Waals surface area contributed by atoms with Crippen LogP contribution in [0.15, 0.2) is 23.1 Å². The molecule has 7 nitrogen and oxygen atoms in total. The minimum absolute atomic E-state index is 0.0143. The number of anilines is 2. The maximum Gasteiger partial charge on any atom is 0.267 e. The summed E-state index contributed by atoms with van der Waals surface area (Å²) in [4.78, 5) is 25.9. The molecule has 1 unspecified atom stereocenters. The van der Waals surface area contributed by atoms with E-state index >= 15 is 0 Å². The van der Waals surface area contributed by atoms with Gasteiger partial charge >= 0.3 is 0 Å². The van der Waals surface area contributed by atoms with Gasteiger partial charge in [0.05, 0.1) is 18.3 Å². The first-order valence-corrected chi connectivity index (χ1v) is 9.49. The number of aromatic nitrogens is 4. The van der Waals surface area contributed by atoms with Crippen molar-refractivity contribution in [2.24, 2.45) is 0 Å². The molecule has 0 N–H and O–H groups in total. The molecule has 1 atom stereocenters. The van der Waals surface area contributed by atoms with Crippen LogP contribution in [0, 0.1) is 0 Å². The maximum atomic E-state index is 12.5. The van der Waals surface area contributed by atoms with Gasteiger partial charge in [-0.1, -0.05) is 0 Å². The van der Waals surface area contributed by atoms with Crippen molar-refractivity contribution in [1.82, 2.24) is 19.7 Å². The number of rotatable bonds is 4. The zero-order valence-electron chi connectivity index (χ0n) is 15.6. The molecule has 2 aromatic heterocycles. The van der Waals surface area contributed by atoms with Gasteiger partial charge in [-0.05, 0) is 50.2 Å². The molecule has 138 valence electrons. The normalized spacial score (nSPS) is 19.5. The zero-order valence-corrected chi connectivity index (χ0v) is 15.6. The summed E-state index contributed by atoms with van der Waals surface area (Å²) in [7, 11) is 3.95. The van der Waals surface area contributed by atoms with Gasteiger partial charge in [0.2, 0.25) is 5.95 Å². The molecule has 1 saturated heterocycles. The second kappa shape index (κ2) is 7.05. The summed E-state index contributed by atoms with van der Waals surface area (Å²) in [5.74, 6) is 1.63. The highest BCUT2D eigenvalue weighted by Gasteiger charge is 2.28. The molecule has 3 heterocycles. The number of nitrogens with zero attached hydrogens (tertiary/aromatic N) is 6. The van der Waals surface area contributed by atoms with E-state index in [4.69, 9.17) is 0 Å². The fourth-order valence-electron chi connectivity index (χ4n) is 3.95. The third-order valence-corrected chi connectivity index (χ3v) is 5.38. The van der Waals surface area contributed by atoms with Crippen molar-refractivity contribution >= 4 is 11.8 Å². The molecule has 0 aromatic carbocycles. The number of aryl methyl sites for hydroxylation is 2. The van der Waals surface area contributed by atoms with Crippen molar-refractivity contribution in [3.8, 4) is 0 Å². The van der Waals surface area contributed by atoms with Crippen LogP contribution in [0.25, 0.3) is 0 Å². The Labute approximate surface area is 153 Å². The van der Waals surface area contributed by atoms with Gasteiger partial charge in [0.1, 0.15) is 5.82 Å². The maximum absolute atomic E-state index is 12.5. The van der Waals surface area contributed by atoms with Crippen LogP contribution in [0.5, 0.6) is 0 Å². The molecular formula is C19H26N6O. The average Bonchev–Trinajstić information content (AvgIpc) is 3.10. The third-order valence-electron chi connectivity index (χ3n) is 5.38. The second-order valence-corrected chi connectivity index (χ2v) is 7.44. The minimum atomic E-state index is 0.0143. The van der Waals surface area contributed by atoms with Gasteiger partial charge in [0, 0.05) is 32.9 Å². The molecule has 26 heavy (non-hydrogen) atoms. The molecule has 0 amide bonds. The lowest BCUT2D eigenvalue weighted by Gasteiger charge is -2.26. The smallest absolute Gasteiger partial charge is 0.267 e. The van der Waals surface area contributed by atoms with Crippen molar-refractivity contribution in [3.05, 3.63) is 39.9 Å². The van der Waals surface area contributed by atoms with Crippen LogP contribution in [-0.2, 0) is 19.4 Å². The van der Waals surface area contributed by atoms with Gasteiger partial charge in [-0.15, -0.1) is 0 Å². The van der Waals surface area contributed by atoms with Gasteiger partial charge in [-0.25, -0.2) is 9.67 Å². The van der Waals surface area contributed by atoms with Crippen LogP contribution < -0.4 is 15.4 Å². The molecule has 2 aliphatic rings. The van der Waals surface area contributed by atoms with E-state index in [1.165, 1.54) is 6.42 Å². The highest BCUT2D eigenvalue weighted by Crippen LogP contribution is 2.25. The predicted molar refractivity (Wildman–Crippen MR) is 102 cm³/mol. The number of hydrogen-bond donors (Lipinski definition) is 0. The molecule has 0 bridgehead atoms. The Bertz CT molecular complexity index is 846. The van der Waals surface area contributed by atoms with Crippen LogP contribution in [0.4, 0.5) is 11.8 Å². The Hall–Kier alpha value is -2.44. The fourth-order valence-corrected chi connectivity index (χ4v) is 3.95. The quantitative estimate of drug-likeness (QED) is 0.832. The van der Waals surface area contributed by atoms with Crippen LogP contribution >= 0.6 is 0 Å². The fraction of sp³-hybridized carbons (Fsp3) is 0.579. The van der Waals surface area contributed by atoms with E-state index in [-0.39, 0.29) is 11.6 Å².